The number of hydrogen-bond acceptors (Lipinski definition) is 4. The molecule has 0 fully saturated rings. The zero-order valence-corrected chi connectivity index (χ0v) is 20.6. The second-order valence-corrected chi connectivity index (χ2v) is 8.50. The third-order valence-corrected chi connectivity index (χ3v) is 5.83. The minimum Gasteiger partial charge on any atom is -0.469 e. The largest absolute Gasteiger partial charge is 0.469 e. The molecule has 1 N–H and O–H groups in total. The molecular formula is C27H39N3O4. The Morgan fingerprint density at radius 3 is 2.47 bits per heavy atom. The summed E-state index contributed by atoms with van der Waals surface area (Å²) in [7, 11) is 1.41. The maximum atomic E-state index is 13.1. The molecule has 0 saturated heterocycles. The Balaban J connectivity index is 2.05. The van der Waals surface area contributed by atoms with E-state index in [0.717, 1.165) is 44.9 Å². The lowest BCUT2D eigenvalue weighted by Gasteiger charge is -2.13. The fourth-order valence-electron chi connectivity index (χ4n) is 3.87. The van der Waals surface area contributed by atoms with Gasteiger partial charge >= 0.3 is 17.3 Å². The molecule has 0 aliphatic heterocycles. The van der Waals surface area contributed by atoms with Crippen molar-refractivity contribution in [2.75, 3.05) is 7.11 Å². The number of unbranched alkanes of at least 4 members (excludes halogenated alkanes) is 7. The van der Waals surface area contributed by atoms with E-state index in [1.54, 1.807) is 24.3 Å². The predicted molar refractivity (Wildman–Crippen MR) is 136 cm³/mol. The van der Waals surface area contributed by atoms with Crippen LogP contribution in [-0.2, 0) is 9.53 Å². The number of rotatable bonds is 16. The Hall–Kier alpha value is -3.09. The number of carbonyl (C=O) groups excluding carboxylic acids is 1. The molecule has 0 saturated carbocycles. The Morgan fingerprint density at radius 2 is 1.74 bits per heavy atom. The Labute approximate surface area is 202 Å². The minimum absolute atomic E-state index is 0.167. The monoisotopic (exact) mass is 469 g/mol. The molecule has 0 radical (unpaired) electrons. The number of hydrogen-bond donors (Lipinski definition) is 1. The Morgan fingerprint density at radius 1 is 1.00 bits per heavy atom. The average Bonchev–Trinajstić information content (AvgIpc) is 3.15. The first-order chi connectivity index (χ1) is 16.6. The molecular weight excluding hydrogens is 430 g/mol. The summed E-state index contributed by atoms with van der Waals surface area (Å²) >= 11 is 0. The summed E-state index contributed by atoms with van der Waals surface area (Å²) in [6, 6.07) is 8.72. The van der Waals surface area contributed by atoms with Gasteiger partial charge in [0.05, 0.1) is 18.8 Å². The van der Waals surface area contributed by atoms with Gasteiger partial charge in [0.2, 0.25) is 0 Å². The summed E-state index contributed by atoms with van der Waals surface area (Å²) < 4.78 is 7.29. The van der Waals surface area contributed by atoms with E-state index in [2.05, 4.69) is 22.8 Å². The van der Waals surface area contributed by atoms with Crippen LogP contribution < -0.4 is 11.4 Å². The topological polar surface area (TPSA) is 86.1 Å². The zero-order chi connectivity index (χ0) is 24.6. The van der Waals surface area contributed by atoms with Crippen LogP contribution in [0.3, 0.4) is 0 Å². The van der Waals surface area contributed by atoms with Gasteiger partial charge < -0.3 is 4.74 Å². The molecule has 7 nitrogen and oxygen atoms in total. The van der Waals surface area contributed by atoms with Crippen molar-refractivity contribution in [1.29, 1.82) is 0 Å². The molecule has 186 valence electrons. The van der Waals surface area contributed by atoms with Crippen molar-refractivity contribution in [3.63, 3.8) is 0 Å². The number of H-pyrrole nitrogens is 1. The molecule has 1 atom stereocenters. The molecule has 0 amide bonds. The number of allylic oxidation sites excluding steroid dienone is 4. The number of aromatic amines is 1. The van der Waals surface area contributed by atoms with E-state index >= 15 is 0 Å². The summed E-state index contributed by atoms with van der Waals surface area (Å²) in [5.74, 6) is -0.167. The highest BCUT2D eigenvalue weighted by atomic mass is 16.5. The van der Waals surface area contributed by atoms with Crippen molar-refractivity contribution in [2.45, 2.75) is 83.6 Å². The van der Waals surface area contributed by atoms with Crippen molar-refractivity contribution in [3.05, 3.63) is 75.6 Å². The van der Waals surface area contributed by atoms with Gasteiger partial charge in [-0.15, -0.1) is 0 Å². The zero-order valence-electron chi connectivity index (χ0n) is 20.6. The van der Waals surface area contributed by atoms with Gasteiger partial charge in [0.15, 0.2) is 0 Å². The first-order valence-electron chi connectivity index (χ1n) is 12.5. The highest BCUT2D eigenvalue weighted by Gasteiger charge is 2.16. The second-order valence-electron chi connectivity index (χ2n) is 8.50. The lowest BCUT2D eigenvalue weighted by molar-refractivity contribution is -0.140. The number of methoxy groups -OCH3 is 1. The fourth-order valence-corrected chi connectivity index (χ4v) is 3.87. The Kier molecular flexibility index (Phi) is 12.5. The maximum Gasteiger partial charge on any atom is 0.352 e. The van der Waals surface area contributed by atoms with Gasteiger partial charge in [0.25, 0.3) is 0 Å². The molecule has 0 aliphatic carbocycles. The van der Waals surface area contributed by atoms with Gasteiger partial charge in [-0.1, -0.05) is 88.0 Å². The minimum atomic E-state index is -0.437. The summed E-state index contributed by atoms with van der Waals surface area (Å²) in [5, 5.41) is 2.75. The number of benzene rings is 1. The molecule has 2 rings (SSSR count). The van der Waals surface area contributed by atoms with Crippen molar-refractivity contribution >= 4 is 5.97 Å². The maximum absolute atomic E-state index is 13.1. The van der Waals surface area contributed by atoms with Gasteiger partial charge in [-0.25, -0.2) is 23.9 Å². The van der Waals surface area contributed by atoms with Gasteiger partial charge in [-0.2, -0.15) is 0 Å². The first-order valence-corrected chi connectivity index (χ1v) is 12.5. The summed E-state index contributed by atoms with van der Waals surface area (Å²) in [6.45, 7) is 2.19. The molecule has 34 heavy (non-hydrogen) atoms. The second kappa shape index (κ2) is 15.7. The summed E-state index contributed by atoms with van der Waals surface area (Å²) in [6.07, 6.45) is 18.7. The van der Waals surface area contributed by atoms with E-state index in [4.69, 9.17) is 0 Å². The van der Waals surface area contributed by atoms with Gasteiger partial charge in [0, 0.05) is 6.42 Å². The quantitative estimate of drug-likeness (QED) is 0.201. The molecule has 0 spiro atoms. The number of nitrogens with zero attached hydrogens (tertiary/aromatic N) is 2. The first kappa shape index (κ1) is 27.2. The van der Waals surface area contributed by atoms with Crippen LogP contribution in [0.15, 0.2) is 64.2 Å². The molecule has 1 heterocycles. The van der Waals surface area contributed by atoms with E-state index < -0.39 is 5.69 Å². The van der Waals surface area contributed by atoms with Crippen LogP contribution in [0, 0.1) is 0 Å². The van der Waals surface area contributed by atoms with Gasteiger partial charge in [-0.3, -0.25) is 4.79 Å². The van der Waals surface area contributed by atoms with Crippen LogP contribution in [0.25, 0.3) is 5.69 Å². The van der Waals surface area contributed by atoms with Gasteiger partial charge in [0.1, 0.15) is 0 Å². The van der Waals surface area contributed by atoms with E-state index in [-0.39, 0.29) is 17.7 Å². The summed E-state index contributed by atoms with van der Waals surface area (Å²) in [5.41, 5.74) is -0.250. The Bertz CT molecular complexity index is 1010. The number of carbonyl (C=O) groups is 1. The average molecular weight is 470 g/mol. The van der Waals surface area contributed by atoms with E-state index in [9.17, 15) is 14.4 Å². The standard InChI is InChI=1S/C27H39N3O4/c1-3-4-5-6-7-9-13-20-24(21-14-10-8-11-17-22-25(31)34-2)30-27(33)29(26(32)28-30)23-18-15-12-16-19-23/h7,9,12-13,15-16,18-20,24H,3-6,8,10-11,14,17,21-22H2,1-2H3,(H,28,32)/b9-7-,20-13+. The number of nitrogens with one attached hydrogen (secondary N) is 1. The highest BCUT2D eigenvalue weighted by Crippen LogP contribution is 2.17. The molecule has 1 aromatic carbocycles. The number of ether oxygens (including phenoxy) is 1. The number of para-hydroxylation sites is 1. The number of esters is 1. The van der Waals surface area contributed by atoms with E-state index in [1.807, 2.05) is 24.3 Å². The van der Waals surface area contributed by atoms with Crippen LogP contribution in [0.2, 0.25) is 0 Å². The van der Waals surface area contributed by atoms with E-state index in [1.165, 1.54) is 35.6 Å². The van der Waals surface area contributed by atoms with Gasteiger partial charge in [-0.05, 0) is 37.8 Å². The lowest BCUT2D eigenvalue weighted by Crippen LogP contribution is -2.28. The third kappa shape index (κ3) is 9.04. The smallest absolute Gasteiger partial charge is 0.352 e. The molecule has 7 heteroatoms. The van der Waals surface area contributed by atoms with Crippen LogP contribution in [-0.4, -0.2) is 27.4 Å². The number of aromatic nitrogens is 3. The van der Waals surface area contributed by atoms with E-state index in [0.29, 0.717) is 12.1 Å². The van der Waals surface area contributed by atoms with Crippen molar-refractivity contribution in [1.82, 2.24) is 14.3 Å². The van der Waals surface area contributed by atoms with Crippen molar-refractivity contribution in [3.8, 4) is 5.69 Å². The molecule has 1 aromatic heterocycles. The fraction of sp³-hybridized carbons (Fsp3) is 0.519. The normalized spacial score (nSPS) is 12.5. The summed E-state index contributed by atoms with van der Waals surface area (Å²) in [4.78, 5) is 36.9. The third-order valence-electron chi connectivity index (χ3n) is 5.83. The lowest BCUT2D eigenvalue weighted by atomic mass is 10.0. The van der Waals surface area contributed by atoms with Crippen molar-refractivity contribution < 1.29 is 9.53 Å². The highest BCUT2D eigenvalue weighted by molar-refractivity contribution is 5.68. The molecule has 1 unspecified atom stereocenters. The van der Waals surface area contributed by atoms with Crippen LogP contribution >= 0.6 is 0 Å². The molecule has 2 aromatic rings. The van der Waals surface area contributed by atoms with Crippen LogP contribution in [0.5, 0.6) is 0 Å². The molecule has 0 bridgehead atoms. The van der Waals surface area contributed by atoms with Crippen LogP contribution in [0.4, 0.5) is 0 Å². The molecule has 0 aliphatic rings. The SMILES string of the molecule is CCCCC/C=C\C=C\C(CCCCCCCC(=O)OC)n1[nH]c(=O)n(-c2ccccc2)c1=O. The van der Waals surface area contributed by atoms with Crippen LogP contribution in [0.1, 0.15) is 83.6 Å². The predicted octanol–water partition coefficient (Wildman–Crippen LogP) is 5.46. The van der Waals surface area contributed by atoms with Crippen molar-refractivity contribution in [2.24, 2.45) is 0 Å².